The first-order chi connectivity index (χ1) is 14.4. The minimum atomic E-state index is -0.488. The summed E-state index contributed by atoms with van der Waals surface area (Å²) in [6.45, 7) is 4.67. The van der Waals surface area contributed by atoms with E-state index in [-0.39, 0.29) is 22.9 Å². The van der Waals surface area contributed by atoms with E-state index in [1.165, 1.54) is 17.7 Å². The van der Waals surface area contributed by atoms with Crippen molar-refractivity contribution in [3.8, 4) is 0 Å². The summed E-state index contributed by atoms with van der Waals surface area (Å²) in [5, 5.41) is 9.31. The Kier molecular flexibility index (Phi) is 7.19. The van der Waals surface area contributed by atoms with Crippen LogP contribution in [0.25, 0.3) is 0 Å². The predicted molar refractivity (Wildman–Crippen MR) is 118 cm³/mol. The quantitative estimate of drug-likeness (QED) is 0.464. The topological polar surface area (TPSA) is 78.9 Å². The second-order valence-corrected chi connectivity index (χ2v) is 7.27. The molecule has 0 atom stereocenters. The number of hydrogen-bond acceptors (Lipinski definition) is 5. The Hall–Kier alpha value is -3.19. The van der Waals surface area contributed by atoms with E-state index in [0.29, 0.717) is 24.9 Å². The number of nitrogens with zero attached hydrogens (tertiary/aromatic N) is 2. The molecule has 2 aromatic carbocycles. The highest BCUT2D eigenvalue weighted by Crippen LogP contribution is 2.19. The molecule has 1 heterocycles. The van der Waals surface area contributed by atoms with Gasteiger partial charge < -0.3 is 16.0 Å². The number of hydrogen-bond donors (Lipinski definition) is 3. The SMILES string of the molecule is Cc1ccc(Nc2cc(C)nc(NCCNC(=O)Cc3c(F)cccc3Cl)n2)cc1. The van der Waals surface area contributed by atoms with Gasteiger partial charge in [-0.05, 0) is 38.1 Å². The maximum Gasteiger partial charge on any atom is 0.224 e. The van der Waals surface area contributed by atoms with Crippen molar-refractivity contribution in [3.63, 3.8) is 0 Å². The third-order valence-electron chi connectivity index (χ3n) is 4.31. The number of anilines is 3. The molecule has 30 heavy (non-hydrogen) atoms. The van der Waals surface area contributed by atoms with Crippen molar-refractivity contribution in [2.75, 3.05) is 23.7 Å². The number of nitrogens with one attached hydrogen (secondary N) is 3. The molecule has 0 aliphatic carbocycles. The van der Waals surface area contributed by atoms with Crippen molar-refractivity contribution in [3.05, 3.63) is 76.2 Å². The van der Waals surface area contributed by atoms with E-state index >= 15 is 0 Å². The first kappa shape index (κ1) is 21.5. The van der Waals surface area contributed by atoms with Crippen LogP contribution in [-0.4, -0.2) is 29.0 Å². The van der Waals surface area contributed by atoms with Gasteiger partial charge in [-0.1, -0.05) is 35.4 Å². The first-order valence-corrected chi connectivity index (χ1v) is 9.91. The van der Waals surface area contributed by atoms with E-state index in [1.807, 2.05) is 44.2 Å². The Bertz CT molecular complexity index is 1010. The van der Waals surface area contributed by atoms with Crippen molar-refractivity contribution in [1.29, 1.82) is 0 Å². The van der Waals surface area contributed by atoms with Crippen LogP contribution in [0.3, 0.4) is 0 Å². The number of carbonyl (C=O) groups is 1. The van der Waals surface area contributed by atoms with Crippen molar-refractivity contribution < 1.29 is 9.18 Å². The lowest BCUT2D eigenvalue weighted by atomic mass is 10.1. The van der Waals surface area contributed by atoms with E-state index in [1.54, 1.807) is 6.07 Å². The monoisotopic (exact) mass is 427 g/mol. The molecule has 0 radical (unpaired) electrons. The van der Waals surface area contributed by atoms with Gasteiger partial charge >= 0.3 is 0 Å². The number of amides is 1. The predicted octanol–water partition coefficient (Wildman–Crippen LogP) is 4.40. The average molecular weight is 428 g/mol. The maximum atomic E-state index is 13.8. The van der Waals surface area contributed by atoms with Gasteiger partial charge in [-0.25, -0.2) is 9.37 Å². The van der Waals surface area contributed by atoms with Gasteiger partial charge in [0.05, 0.1) is 6.42 Å². The molecule has 8 heteroatoms. The zero-order valence-corrected chi connectivity index (χ0v) is 17.6. The molecule has 0 fully saturated rings. The summed E-state index contributed by atoms with van der Waals surface area (Å²) >= 11 is 5.96. The second kappa shape index (κ2) is 10.0. The van der Waals surface area contributed by atoms with E-state index in [0.717, 1.165) is 11.4 Å². The van der Waals surface area contributed by atoms with Crippen LogP contribution in [0, 0.1) is 19.7 Å². The smallest absolute Gasteiger partial charge is 0.224 e. The molecule has 1 amide bonds. The van der Waals surface area contributed by atoms with Crippen molar-refractivity contribution in [2.24, 2.45) is 0 Å². The molecule has 1 aromatic heterocycles. The first-order valence-electron chi connectivity index (χ1n) is 9.53. The summed E-state index contributed by atoms with van der Waals surface area (Å²) in [6, 6.07) is 14.2. The maximum absolute atomic E-state index is 13.8. The minimum absolute atomic E-state index is 0.114. The molecule has 156 valence electrons. The van der Waals surface area contributed by atoms with Crippen LogP contribution in [-0.2, 0) is 11.2 Å². The number of benzene rings is 2. The highest BCUT2D eigenvalue weighted by Gasteiger charge is 2.11. The highest BCUT2D eigenvalue weighted by atomic mass is 35.5. The van der Waals surface area contributed by atoms with E-state index in [4.69, 9.17) is 11.6 Å². The molecule has 0 saturated heterocycles. The van der Waals surface area contributed by atoms with Crippen LogP contribution in [0.1, 0.15) is 16.8 Å². The van der Waals surface area contributed by atoms with Crippen molar-refractivity contribution in [2.45, 2.75) is 20.3 Å². The molecule has 0 aliphatic rings. The van der Waals surface area contributed by atoms with Gasteiger partial charge in [-0.15, -0.1) is 0 Å². The summed E-state index contributed by atoms with van der Waals surface area (Å²) in [4.78, 5) is 20.9. The standard InChI is InChI=1S/C22H23ClFN5O/c1-14-6-8-16(9-7-14)28-20-12-15(2)27-22(29-20)26-11-10-25-21(30)13-17-18(23)4-3-5-19(17)24/h3-9,12H,10-11,13H2,1-2H3,(H,25,30)(H2,26,27,28,29). The summed E-state index contributed by atoms with van der Waals surface area (Å²) in [6.07, 6.45) is -0.114. The van der Waals surface area contributed by atoms with Gasteiger partial charge in [-0.2, -0.15) is 4.98 Å². The van der Waals surface area contributed by atoms with Gasteiger partial charge in [-0.3, -0.25) is 4.79 Å². The molecule has 0 unspecified atom stereocenters. The van der Waals surface area contributed by atoms with E-state index in [2.05, 4.69) is 25.9 Å². The van der Waals surface area contributed by atoms with Crippen LogP contribution in [0.15, 0.2) is 48.5 Å². The zero-order chi connectivity index (χ0) is 21.5. The van der Waals surface area contributed by atoms with Crippen LogP contribution >= 0.6 is 11.6 Å². The number of rotatable bonds is 8. The molecule has 0 saturated carbocycles. The number of halogens is 2. The van der Waals surface area contributed by atoms with Gasteiger partial charge in [0.15, 0.2) is 0 Å². The van der Waals surface area contributed by atoms with Gasteiger partial charge in [0.25, 0.3) is 0 Å². The molecule has 3 aromatic rings. The lowest BCUT2D eigenvalue weighted by molar-refractivity contribution is -0.120. The Labute approximate surface area is 179 Å². The van der Waals surface area contributed by atoms with Gasteiger partial charge in [0, 0.05) is 41.1 Å². The fraction of sp³-hybridized carbons (Fsp3) is 0.227. The van der Waals surface area contributed by atoms with Crippen LogP contribution < -0.4 is 16.0 Å². The lowest BCUT2D eigenvalue weighted by Gasteiger charge is -2.11. The zero-order valence-electron chi connectivity index (χ0n) is 16.8. The molecule has 0 bridgehead atoms. The molecule has 0 aliphatic heterocycles. The van der Waals surface area contributed by atoms with Crippen LogP contribution in [0.2, 0.25) is 5.02 Å². The number of aryl methyl sites for hydroxylation is 2. The highest BCUT2D eigenvalue weighted by molar-refractivity contribution is 6.31. The van der Waals surface area contributed by atoms with Crippen molar-refractivity contribution in [1.82, 2.24) is 15.3 Å². The molecule has 3 N–H and O–H groups in total. The second-order valence-electron chi connectivity index (χ2n) is 6.86. The van der Waals surface area contributed by atoms with E-state index in [9.17, 15) is 9.18 Å². The third-order valence-corrected chi connectivity index (χ3v) is 4.66. The Morgan fingerprint density at radius 3 is 2.57 bits per heavy atom. The molecular weight excluding hydrogens is 405 g/mol. The Morgan fingerprint density at radius 1 is 1.07 bits per heavy atom. The van der Waals surface area contributed by atoms with Crippen LogP contribution in [0.4, 0.5) is 21.8 Å². The summed E-state index contributed by atoms with van der Waals surface area (Å²) in [7, 11) is 0. The van der Waals surface area contributed by atoms with Gasteiger partial charge in [0.2, 0.25) is 11.9 Å². The number of aromatic nitrogens is 2. The fourth-order valence-corrected chi connectivity index (χ4v) is 3.03. The average Bonchev–Trinajstić information content (AvgIpc) is 2.70. The van der Waals surface area contributed by atoms with Crippen molar-refractivity contribution >= 4 is 35.0 Å². The molecule has 6 nitrogen and oxygen atoms in total. The molecule has 3 rings (SSSR count). The van der Waals surface area contributed by atoms with Gasteiger partial charge in [0.1, 0.15) is 11.6 Å². The summed E-state index contributed by atoms with van der Waals surface area (Å²) in [5.41, 5.74) is 3.11. The normalized spacial score (nSPS) is 10.5. The summed E-state index contributed by atoms with van der Waals surface area (Å²) in [5.74, 6) is 0.330. The Morgan fingerprint density at radius 2 is 1.83 bits per heavy atom. The lowest BCUT2D eigenvalue weighted by Crippen LogP contribution is -2.30. The largest absolute Gasteiger partial charge is 0.354 e. The summed E-state index contributed by atoms with van der Waals surface area (Å²) < 4.78 is 13.8. The van der Waals surface area contributed by atoms with E-state index < -0.39 is 5.82 Å². The molecular formula is C22H23ClFN5O. The van der Waals surface area contributed by atoms with Crippen LogP contribution in [0.5, 0.6) is 0 Å². The molecule has 0 spiro atoms. The third kappa shape index (κ3) is 6.15. The Balaban J connectivity index is 1.50. The number of carbonyl (C=O) groups excluding carboxylic acids is 1. The minimum Gasteiger partial charge on any atom is -0.354 e. The fourth-order valence-electron chi connectivity index (χ4n) is 2.80.